The highest BCUT2D eigenvalue weighted by atomic mass is 16.2. The Morgan fingerprint density at radius 2 is 1.83 bits per heavy atom. The minimum absolute atomic E-state index is 0.135. The Balaban J connectivity index is 1.70. The molecule has 1 heterocycles. The van der Waals surface area contributed by atoms with Crippen LogP contribution in [0.4, 0.5) is 0 Å². The van der Waals surface area contributed by atoms with Crippen molar-refractivity contribution in [2.24, 2.45) is 0 Å². The maximum atomic E-state index is 12.4. The van der Waals surface area contributed by atoms with Gasteiger partial charge in [-0.1, -0.05) is 23.8 Å². The number of amides is 2. The fourth-order valence-corrected chi connectivity index (χ4v) is 2.49. The summed E-state index contributed by atoms with van der Waals surface area (Å²) in [4.78, 5) is 23.9. The van der Waals surface area contributed by atoms with Gasteiger partial charge in [-0.15, -0.1) is 0 Å². The number of H-pyrrole nitrogens is 1. The van der Waals surface area contributed by atoms with Gasteiger partial charge < -0.3 is 10.6 Å². The first-order valence-electron chi connectivity index (χ1n) is 7.62. The van der Waals surface area contributed by atoms with Crippen LogP contribution >= 0.6 is 0 Å². The molecule has 6 nitrogen and oxygen atoms in total. The van der Waals surface area contributed by atoms with Gasteiger partial charge in [-0.2, -0.15) is 5.10 Å². The number of fused-ring (bicyclic) bond motifs is 1. The van der Waals surface area contributed by atoms with Crippen LogP contribution in [-0.2, 0) is 6.54 Å². The van der Waals surface area contributed by atoms with E-state index in [4.69, 9.17) is 0 Å². The van der Waals surface area contributed by atoms with Crippen LogP contribution in [0.5, 0.6) is 0 Å². The van der Waals surface area contributed by atoms with Crippen molar-refractivity contribution in [1.29, 1.82) is 0 Å². The second-order valence-electron chi connectivity index (χ2n) is 5.58. The van der Waals surface area contributed by atoms with Gasteiger partial charge >= 0.3 is 0 Å². The van der Waals surface area contributed by atoms with Crippen molar-refractivity contribution in [3.8, 4) is 0 Å². The van der Waals surface area contributed by atoms with Gasteiger partial charge in [-0.05, 0) is 36.8 Å². The molecule has 2 aromatic carbocycles. The van der Waals surface area contributed by atoms with Crippen molar-refractivity contribution in [2.45, 2.75) is 13.5 Å². The zero-order valence-electron chi connectivity index (χ0n) is 13.5. The van der Waals surface area contributed by atoms with Crippen LogP contribution in [0.15, 0.2) is 42.5 Å². The highest BCUT2D eigenvalue weighted by Gasteiger charge is 2.14. The fraction of sp³-hybridized carbons (Fsp3) is 0.167. The zero-order valence-corrected chi connectivity index (χ0v) is 13.5. The molecule has 0 saturated carbocycles. The number of carbonyl (C=O) groups is 2. The number of nitrogens with zero attached hydrogens (tertiary/aromatic N) is 1. The minimum atomic E-state index is -0.234. The Morgan fingerprint density at radius 1 is 1.08 bits per heavy atom. The smallest absolute Gasteiger partial charge is 0.272 e. The molecule has 0 bridgehead atoms. The summed E-state index contributed by atoms with van der Waals surface area (Å²) >= 11 is 0. The summed E-state index contributed by atoms with van der Waals surface area (Å²) in [6.07, 6.45) is 0. The summed E-state index contributed by atoms with van der Waals surface area (Å²) in [5.41, 5.74) is 3.78. The second-order valence-corrected chi connectivity index (χ2v) is 5.58. The SMILES string of the molecule is CNC(=O)c1ccc(CNC(=O)c2n[nH]c3ccc(C)cc23)cc1. The summed E-state index contributed by atoms with van der Waals surface area (Å²) in [6, 6.07) is 12.9. The van der Waals surface area contributed by atoms with E-state index in [1.807, 2.05) is 37.3 Å². The van der Waals surface area contributed by atoms with E-state index >= 15 is 0 Å². The molecule has 0 aliphatic rings. The number of hydrogen-bond donors (Lipinski definition) is 3. The molecule has 1 aromatic heterocycles. The highest BCUT2D eigenvalue weighted by Crippen LogP contribution is 2.17. The van der Waals surface area contributed by atoms with Crippen molar-refractivity contribution in [3.63, 3.8) is 0 Å². The van der Waals surface area contributed by atoms with Crippen LogP contribution in [0.3, 0.4) is 0 Å². The Bertz CT molecular complexity index is 897. The quantitative estimate of drug-likeness (QED) is 0.688. The van der Waals surface area contributed by atoms with E-state index in [-0.39, 0.29) is 11.8 Å². The Hall–Kier alpha value is -3.15. The van der Waals surface area contributed by atoms with Crippen LogP contribution in [0.25, 0.3) is 10.9 Å². The monoisotopic (exact) mass is 322 g/mol. The third-order valence-corrected chi connectivity index (χ3v) is 3.83. The molecule has 2 amide bonds. The first-order valence-corrected chi connectivity index (χ1v) is 7.62. The average molecular weight is 322 g/mol. The number of aromatic nitrogens is 2. The lowest BCUT2D eigenvalue weighted by atomic mass is 10.1. The Labute approximate surface area is 139 Å². The van der Waals surface area contributed by atoms with Crippen molar-refractivity contribution in [2.75, 3.05) is 7.05 Å². The molecular weight excluding hydrogens is 304 g/mol. The van der Waals surface area contributed by atoms with Crippen molar-refractivity contribution in [3.05, 3.63) is 64.8 Å². The molecule has 0 aliphatic heterocycles. The molecule has 3 aromatic rings. The first kappa shape index (κ1) is 15.7. The number of rotatable bonds is 4. The molecule has 122 valence electrons. The summed E-state index contributed by atoms with van der Waals surface area (Å²) in [5.74, 6) is -0.369. The van der Waals surface area contributed by atoms with Crippen molar-refractivity contribution >= 4 is 22.7 Å². The largest absolute Gasteiger partial charge is 0.355 e. The van der Waals surface area contributed by atoms with Crippen LogP contribution < -0.4 is 10.6 Å². The number of aryl methyl sites for hydroxylation is 1. The van der Waals surface area contributed by atoms with Gasteiger partial charge in [0.15, 0.2) is 5.69 Å². The predicted molar refractivity (Wildman–Crippen MR) is 91.8 cm³/mol. The van der Waals surface area contributed by atoms with E-state index in [0.29, 0.717) is 17.8 Å². The van der Waals surface area contributed by atoms with E-state index in [9.17, 15) is 9.59 Å². The van der Waals surface area contributed by atoms with Crippen LogP contribution in [0, 0.1) is 6.92 Å². The van der Waals surface area contributed by atoms with Crippen LogP contribution in [0.2, 0.25) is 0 Å². The summed E-state index contributed by atoms with van der Waals surface area (Å²) in [6.45, 7) is 2.34. The van der Waals surface area contributed by atoms with Gasteiger partial charge in [0.1, 0.15) is 0 Å². The van der Waals surface area contributed by atoms with E-state index < -0.39 is 0 Å². The molecule has 3 rings (SSSR count). The Morgan fingerprint density at radius 3 is 2.54 bits per heavy atom. The third kappa shape index (κ3) is 3.12. The normalized spacial score (nSPS) is 10.6. The summed E-state index contributed by atoms with van der Waals surface area (Å²) in [5, 5.41) is 13.2. The lowest BCUT2D eigenvalue weighted by Gasteiger charge is -2.05. The molecule has 0 saturated heterocycles. The second kappa shape index (κ2) is 6.54. The number of carbonyl (C=O) groups excluding carboxylic acids is 2. The van der Waals surface area contributed by atoms with Crippen molar-refractivity contribution in [1.82, 2.24) is 20.8 Å². The van der Waals surface area contributed by atoms with E-state index in [1.54, 1.807) is 19.2 Å². The standard InChI is InChI=1S/C18H18N4O2/c1-11-3-8-15-14(9-11)16(22-21-15)18(24)20-10-12-4-6-13(7-5-12)17(23)19-2/h3-9H,10H2,1-2H3,(H,19,23)(H,20,24)(H,21,22). The molecule has 0 unspecified atom stereocenters. The lowest BCUT2D eigenvalue weighted by molar-refractivity contribution is 0.0943. The molecule has 0 spiro atoms. The predicted octanol–water partition coefficient (Wildman–Crippen LogP) is 2.16. The molecular formula is C18H18N4O2. The Kier molecular flexibility index (Phi) is 4.29. The topological polar surface area (TPSA) is 86.9 Å². The first-order chi connectivity index (χ1) is 11.6. The van der Waals surface area contributed by atoms with Gasteiger partial charge in [0.05, 0.1) is 5.52 Å². The number of benzene rings is 2. The molecule has 6 heteroatoms. The lowest BCUT2D eigenvalue weighted by Crippen LogP contribution is -2.23. The third-order valence-electron chi connectivity index (χ3n) is 3.83. The van der Waals surface area contributed by atoms with Gasteiger partial charge in [-0.3, -0.25) is 14.7 Å². The summed E-state index contributed by atoms with van der Waals surface area (Å²) in [7, 11) is 1.59. The molecule has 0 radical (unpaired) electrons. The van der Waals surface area contributed by atoms with Crippen LogP contribution in [0.1, 0.15) is 32.0 Å². The van der Waals surface area contributed by atoms with E-state index in [0.717, 1.165) is 22.0 Å². The minimum Gasteiger partial charge on any atom is -0.355 e. The number of hydrogen-bond acceptors (Lipinski definition) is 3. The molecule has 0 aliphatic carbocycles. The maximum Gasteiger partial charge on any atom is 0.272 e. The maximum absolute atomic E-state index is 12.4. The molecule has 24 heavy (non-hydrogen) atoms. The zero-order chi connectivity index (χ0) is 17.1. The van der Waals surface area contributed by atoms with Crippen molar-refractivity contribution < 1.29 is 9.59 Å². The van der Waals surface area contributed by atoms with Gasteiger partial charge in [0.2, 0.25) is 0 Å². The number of nitrogens with one attached hydrogen (secondary N) is 3. The van der Waals surface area contributed by atoms with Crippen LogP contribution in [-0.4, -0.2) is 29.1 Å². The number of aromatic amines is 1. The van der Waals surface area contributed by atoms with E-state index in [2.05, 4.69) is 20.8 Å². The van der Waals surface area contributed by atoms with E-state index in [1.165, 1.54) is 0 Å². The van der Waals surface area contributed by atoms with Gasteiger partial charge in [0, 0.05) is 24.5 Å². The molecule has 0 atom stereocenters. The van der Waals surface area contributed by atoms with Gasteiger partial charge in [-0.25, -0.2) is 0 Å². The summed E-state index contributed by atoms with van der Waals surface area (Å²) < 4.78 is 0. The molecule has 3 N–H and O–H groups in total. The average Bonchev–Trinajstić information content (AvgIpc) is 3.02. The fourth-order valence-electron chi connectivity index (χ4n) is 2.49. The molecule has 0 fully saturated rings. The highest BCUT2D eigenvalue weighted by molar-refractivity contribution is 6.04. The van der Waals surface area contributed by atoms with Gasteiger partial charge in [0.25, 0.3) is 11.8 Å².